The van der Waals surface area contributed by atoms with Gasteiger partial charge in [-0.3, -0.25) is 9.67 Å². The van der Waals surface area contributed by atoms with E-state index in [4.69, 9.17) is 15.7 Å². The molecule has 0 bridgehead atoms. The van der Waals surface area contributed by atoms with Crippen molar-refractivity contribution in [3.8, 4) is 0 Å². The van der Waals surface area contributed by atoms with E-state index in [0.29, 0.717) is 12.3 Å². The molecule has 2 aromatic rings. The Morgan fingerprint density at radius 3 is 2.75 bits per heavy atom. The summed E-state index contributed by atoms with van der Waals surface area (Å²) >= 11 is 0. The fraction of sp³-hybridized carbons (Fsp3) is 0.526. The van der Waals surface area contributed by atoms with Crippen LogP contribution in [0.2, 0.25) is 0 Å². The van der Waals surface area contributed by atoms with Crippen LogP contribution in [0, 0.1) is 5.92 Å². The van der Waals surface area contributed by atoms with Crippen molar-refractivity contribution < 1.29 is 0 Å². The molecule has 2 N–H and O–H groups in total. The highest BCUT2D eigenvalue weighted by atomic mass is 15.2. The van der Waals surface area contributed by atoms with Crippen LogP contribution in [0.4, 0.5) is 0 Å². The lowest BCUT2D eigenvalue weighted by Crippen LogP contribution is -2.23. The summed E-state index contributed by atoms with van der Waals surface area (Å²) < 4.78 is 1.81. The van der Waals surface area contributed by atoms with E-state index in [1.807, 2.05) is 31.7 Å². The van der Waals surface area contributed by atoms with Gasteiger partial charge in [-0.05, 0) is 30.7 Å². The number of allylic oxidation sites excluding steroid dienone is 1. The van der Waals surface area contributed by atoms with Crippen molar-refractivity contribution >= 4 is 5.70 Å². The molecule has 1 aliphatic rings. The zero-order valence-corrected chi connectivity index (χ0v) is 14.9. The van der Waals surface area contributed by atoms with Gasteiger partial charge in [0.05, 0.1) is 23.3 Å². The molecular weight excluding hydrogens is 298 g/mol. The standard InChI is InChI=1S/C19H27N5/c1-4-6-16(20)19-17(9-14-10-22-24(3)12-14)21-11-18(23-19)15-7-13(5-2)8-15/h6,10-13,15H,4-5,7-9,20H2,1-3H3. The third-order valence-corrected chi connectivity index (χ3v) is 4.93. The molecule has 0 amide bonds. The summed E-state index contributed by atoms with van der Waals surface area (Å²) in [5.41, 5.74) is 11.0. The van der Waals surface area contributed by atoms with Gasteiger partial charge in [0.25, 0.3) is 0 Å². The third-order valence-electron chi connectivity index (χ3n) is 4.93. The van der Waals surface area contributed by atoms with Crippen LogP contribution in [0.3, 0.4) is 0 Å². The van der Waals surface area contributed by atoms with E-state index in [9.17, 15) is 0 Å². The first kappa shape index (κ1) is 16.7. The summed E-state index contributed by atoms with van der Waals surface area (Å²) in [5.74, 6) is 1.39. The Hall–Kier alpha value is -2.17. The molecule has 1 aliphatic carbocycles. The summed E-state index contributed by atoms with van der Waals surface area (Å²) in [7, 11) is 1.92. The third kappa shape index (κ3) is 3.50. The first-order chi connectivity index (χ1) is 11.6. The van der Waals surface area contributed by atoms with Crippen LogP contribution >= 0.6 is 0 Å². The zero-order chi connectivity index (χ0) is 17.1. The molecule has 5 heteroatoms. The van der Waals surface area contributed by atoms with E-state index < -0.39 is 0 Å². The summed E-state index contributed by atoms with van der Waals surface area (Å²) in [6.45, 7) is 4.35. The van der Waals surface area contributed by atoms with Crippen molar-refractivity contribution in [3.05, 3.63) is 47.3 Å². The molecule has 0 saturated heterocycles. The van der Waals surface area contributed by atoms with Crippen LogP contribution in [0.5, 0.6) is 0 Å². The molecule has 0 radical (unpaired) electrons. The number of rotatable bonds is 6. The van der Waals surface area contributed by atoms with Gasteiger partial charge in [-0.25, -0.2) is 4.98 Å². The Kier molecular flexibility index (Phi) is 4.97. The monoisotopic (exact) mass is 325 g/mol. The van der Waals surface area contributed by atoms with E-state index >= 15 is 0 Å². The molecular formula is C19H27N5. The molecule has 0 aliphatic heterocycles. The number of aryl methyl sites for hydroxylation is 1. The highest BCUT2D eigenvalue weighted by Gasteiger charge is 2.30. The fourth-order valence-electron chi connectivity index (χ4n) is 3.37. The van der Waals surface area contributed by atoms with Gasteiger partial charge in [0, 0.05) is 31.8 Å². The van der Waals surface area contributed by atoms with E-state index in [1.54, 1.807) is 4.68 Å². The van der Waals surface area contributed by atoms with Gasteiger partial charge in [-0.15, -0.1) is 0 Å². The second-order valence-corrected chi connectivity index (χ2v) is 6.80. The average Bonchev–Trinajstić information content (AvgIpc) is 2.93. The molecule has 0 atom stereocenters. The van der Waals surface area contributed by atoms with Crippen molar-refractivity contribution in [1.82, 2.24) is 19.7 Å². The fourth-order valence-corrected chi connectivity index (χ4v) is 3.37. The van der Waals surface area contributed by atoms with Gasteiger partial charge in [0.2, 0.25) is 0 Å². The lowest BCUT2D eigenvalue weighted by Gasteiger charge is -2.34. The minimum Gasteiger partial charge on any atom is -0.397 e. The molecule has 3 rings (SSSR count). The molecule has 1 saturated carbocycles. The Balaban J connectivity index is 1.88. The minimum absolute atomic E-state index is 0.545. The van der Waals surface area contributed by atoms with E-state index in [0.717, 1.165) is 40.7 Å². The topological polar surface area (TPSA) is 69.6 Å². The second-order valence-electron chi connectivity index (χ2n) is 6.80. The van der Waals surface area contributed by atoms with Crippen LogP contribution in [-0.4, -0.2) is 19.7 Å². The Morgan fingerprint density at radius 2 is 2.12 bits per heavy atom. The smallest absolute Gasteiger partial charge is 0.108 e. The summed E-state index contributed by atoms with van der Waals surface area (Å²) in [6.07, 6.45) is 13.2. The highest BCUT2D eigenvalue weighted by Crippen LogP contribution is 2.42. The summed E-state index contributed by atoms with van der Waals surface area (Å²) in [6, 6.07) is 0. The van der Waals surface area contributed by atoms with Gasteiger partial charge in [0.1, 0.15) is 5.69 Å². The van der Waals surface area contributed by atoms with Gasteiger partial charge >= 0.3 is 0 Å². The number of aromatic nitrogens is 4. The lowest BCUT2D eigenvalue weighted by molar-refractivity contribution is 0.251. The largest absolute Gasteiger partial charge is 0.397 e. The maximum Gasteiger partial charge on any atom is 0.108 e. The molecule has 0 spiro atoms. The normalized spacial score (nSPS) is 20.9. The maximum absolute atomic E-state index is 6.28. The summed E-state index contributed by atoms with van der Waals surface area (Å²) in [5, 5.41) is 4.23. The van der Waals surface area contributed by atoms with Crippen molar-refractivity contribution in [3.63, 3.8) is 0 Å². The van der Waals surface area contributed by atoms with Gasteiger partial charge in [-0.2, -0.15) is 5.10 Å². The molecule has 5 nitrogen and oxygen atoms in total. The van der Waals surface area contributed by atoms with Crippen LogP contribution in [-0.2, 0) is 13.5 Å². The van der Waals surface area contributed by atoms with Crippen LogP contribution in [0.25, 0.3) is 5.70 Å². The first-order valence-corrected chi connectivity index (χ1v) is 8.90. The molecule has 24 heavy (non-hydrogen) atoms. The van der Waals surface area contributed by atoms with Crippen LogP contribution in [0.15, 0.2) is 24.7 Å². The van der Waals surface area contributed by atoms with Crippen molar-refractivity contribution in [2.75, 3.05) is 0 Å². The van der Waals surface area contributed by atoms with E-state index in [2.05, 4.69) is 18.9 Å². The number of hydrogen-bond acceptors (Lipinski definition) is 4. The molecule has 1 fully saturated rings. The number of nitrogens with two attached hydrogens (primary N) is 1. The van der Waals surface area contributed by atoms with Crippen LogP contribution < -0.4 is 5.73 Å². The Labute approximate surface area is 144 Å². The molecule has 0 aromatic carbocycles. The van der Waals surface area contributed by atoms with Crippen molar-refractivity contribution in [2.45, 2.75) is 51.9 Å². The highest BCUT2D eigenvalue weighted by molar-refractivity contribution is 5.61. The maximum atomic E-state index is 6.28. The number of hydrogen-bond donors (Lipinski definition) is 1. The molecule has 2 heterocycles. The van der Waals surface area contributed by atoms with Gasteiger partial charge in [0.15, 0.2) is 0 Å². The Morgan fingerprint density at radius 1 is 1.33 bits per heavy atom. The van der Waals surface area contributed by atoms with Crippen LogP contribution in [0.1, 0.15) is 68.1 Å². The number of nitrogens with zero attached hydrogens (tertiary/aromatic N) is 4. The molecule has 2 aromatic heterocycles. The lowest BCUT2D eigenvalue weighted by atomic mass is 9.72. The van der Waals surface area contributed by atoms with Crippen molar-refractivity contribution in [2.24, 2.45) is 18.7 Å². The van der Waals surface area contributed by atoms with Gasteiger partial charge < -0.3 is 5.73 Å². The SMILES string of the molecule is CCC=C(N)c1nc(C2CC(CC)C2)cnc1Cc1cnn(C)c1. The average molecular weight is 325 g/mol. The second kappa shape index (κ2) is 7.16. The predicted octanol–water partition coefficient (Wildman–Crippen LogP) is 3.41. The van der Waals surface area contributed by atoms with E-state index in [-0.39, 0.29) is 0 Å². The zero-order valence-electron chi connectivity index (χ0n) is 14.9. The predicted molar refractivity (Wildman–Crippen MR) is 96.3 cm³/mol. The van der Waals surface area contributed by atoms with Crippen molar-refractivity contribution in [1.29, 1.82) is 0 Å². The van der Waals surface area contributed by atoms with E-state index in [1.165, 1.54) is 19.3 Å². The van der Waals surface area contributed by atoms with Gasteiger partial charge in [-0.1, -0.05) is 26.3 Å². The Bertz CT molecular complexity index is 725. The quantitative estimate of drug-likeness (QED) is 0.883. The summed E-state index contributed by atoms with van der Waals surface area (Å²) in [4.78, 5) is 9.62. The first-order valence-electron chi connectivity index (χ1n) is 8.90. The molecule has 128 valence electrons. The minimum atomic E-state index is 0.545. The molecule has 0 unspecified atom stereocenters.